The molecule has 4 aromatic rings. The number of nitrogens with one attached hydrogen (secondary N) is 2. The van der Waals surface area contributed by atoms with Gasteiger partial charge in [-0.2, -0.15) is 5.10 Å². The third-order valence-corrected chi connectivity index (χ3v) is 7.23. The number of pyridine rings is 2. The molecule has 9 heteroatoms. The van der Waals surface area contributed by atoms with Crippen LogP contribution in [-0.2, 0) is 0 Å². The van der Waals surface area contributed by atoms with E-state index in [0.29, 0.717) is 23.1 Å². The van der Waals surface area contributed by atoms with Crippen LogP contribution in [0.2, 0.25) is 0 Å². The van der Waals surface area contributed by atoms with E-state index in [1.165, 1.54) is 6.33 Å². The van der Waals surface area contributed by atoms with E-state index in [9.17, 15) is 4.79 Å². The first-order valence-corrected chi connectivity index (χ1v) is 12.7. The number of aryl methyl sites for hydroxylation is 1. The molecule has 9 nitrogen and oxygen atoms in total. The van der Waals surface area contributed by atoms with E-state index < -0.39 is 0 Å². The van der Waals surface area contributed by atoms with E-state index >= 15 is 0 Å². The van der Waals surface area contributed by atoms with E-state index in [1.807, 2.05) is 25.3 Å². The molecule has 1 aliphatic rings. The number of piperidine rings is 1. The Kier molecular flexibility index (Phi) is 6.42. The molecule has 1 aliphatic heterocycles. The number of aromatic amines is 1. The van der Waals surface area contributed by atoms with Crippen molar-refractivity contribution in [1.29, 1.82) is 0 Å². The van der Waals surface area contributed by atoms with Crippen LogP contribution in [0.3, 0.4) is 0 Å². The summed E-state index contributed by atoms with van der Waals surface area (Å²) in [5, 5.41) is 7.55. The number of ether oxygens (including phenoxy) is 1. The lowest BCUT2D eigenvalue weighted by molar-refractivity contribution is 0.0895. The van der Waals surface area contributed by atoms with Crippen molar-refractivity contribution >= 4 is 22.6 Å². The minimum absolute atomic E-state index is 0.0967. The van der Waals surface area contributed by atoms with Crippen molar-refractivity contribution in [2.45, 2.75) is 65.5 Å². The number of likely N-dealkylation sites (tertiary alicyclic amines) is 1. The molecule has 4 aromatic heterocycles. The fourth-order valence-electron chi connectivity index (χ4n) is 5.25. The summed E-state index contributed by atoms with van der Waals surface area (Å²) in [6, 6.07) is 4.71. The summed E-state index contributed by atoms with van der Waals surface area (Å²) in [5.74, 6) is 0.726. The van der Waals surface area contributed by atoms with Gasteiger partial charge in [0.25, 0.3) is 5.91 Å². The minimum Gasteiger partial charge on any atom is -0.493 e. The predicted molar refractivity (Wildman–Crippen MR) is 141 cm³/mol. The Morgan fingerprint density at radius 2 is 1.94 bits per heavy atom. The number of fused-ring (bicyclic) bond motifs is 2. The second kappa shape index (κ2) is 9.54. The highest BCUT2D eigenvalue weighted by Gasteiger charge is 2.25. The monoisotopic (exact) mass is 489 g/mol. The minimum atomic E-state index is -0.0967. The van der Waals surface area contributed by atoms with Crippen LogP contribution in [0.4, 0.5) is 0 Å². The second-order valence-corrected chi connectivity index (χ2v) is 10.3. The van der Waals surface area contributed by atoms with Crippen molar-refractivity contribution in [3.8, 4) is 17.0 Å². The molecule has 0 spiro atoms. The molecule has 0 saturated carbocycles. The maximum absolute atomic E-state index is 13.3. The van der Waals surface area contributed by atoms with Gasteiger partial charge >= 0.3 is 0 Å². The number of methoxy groups -OCH3 is 1. The van der Waals surface area contributed by atoms with Crippen LogP contribution >= 0.6 is 0 Å². The summed E-state index contributed by atoms with van der Waals surface area (Å²) >= 11 is 0. The molecular weight excluding hydrogens is 454 g/mol. The molecule has 36 heavy (non-hydrogen) atoms. The summed E-state index contributed by atoms with van der Waals surface area (Å²) in [6.07, 6.45) is 5.37. The second-order valence-electron chi connectivity index (χ2n) is 10.3. The van der Waals surface area contributed by atoms with E-state index in [2.05, 4.69) is 53.0 Å². The van der Waals surface area contributed by atoms with Gasteiger partial charge in [0.15, 0.2) is 11.4 Å². The van der Waals surface area contributed by atoms with Gasteiger partial charge in [-0.1, -0.05) is 13.8 Å². The molecule has 190 valence electrons. The topological polar surface area (TPSA) is 100 Å². The molecular formula is C27H35N7O2. The van der Waals surface area contributed by atoms with Crippen LogP contribution in [0, 0.1) is 6.92 Å². The van der Waals surface area contributed by atoms with E-state index in [-0.39, 0.29) is 17.9 Å². The number of aromatic nitrogens is 5. The van der Waals surface area contributed by atoms with Gasteiger partial charge in [0, 0.05) is 42.5 Å². The number of H-pyrrole nitrogens is 1. The number of hydrogen-bond donors (Lipinski definition) is 2. The normalized spacial score (nSPS) is 15.4. The average molecular weight is 490 g/mol. The summed E-state index contributed by atoms with van der Waals surface area (Å²) in [6.45, 7) is 12.7. The van der Waals surface area contributed by atoms with Gasteiger partial charge in [-0.05, 0) is 57.2 Å². The van der Waals surface area contributed by atoms with Crippen molar-refractivity contribution in [3.05, 3.63) is 41.5 Å². The smallest absolute Gasteiger partial charge is 0.270 e. The van der Waals surface area contributed by atoms with Crippen LogP contribution in [0.15, 0.2) is 24.7 Å². The zero-order valence-electron chi connectivity index (χ0n) is 21.9. The average Bonchev–Trinajstić information content (AvgIpc) is 3.47. The predicted octanol–water partition coefficient (Wildman–Crippen LogP) is 4.32. The number of nitrogens with zero attached hydrogens (tertiary/aromatic N) is 5. The van der Waals surface area contributed by atoms with Crippen molar-refractivity contribution in [2.24, 2.45) is 0 Å². The summed E-state index contributed by atoms with van der Waals surface area (Å²) in [5.41, 5.74) is 6.67. The first-order chi connectivity index (χ1) is 17.3. The molecule has 5 rings (SSSR count). The molecule has 0 radical (unpaired) electrons. The number of carbonyl (C=O) groups excluding carboxylic acids is 1. The molecule has 0 atom stereocenters. The quantitative estimate of drug-likeness (QED) is 0.419. The van der Waals surface area contributed by atoms with Gasteiger partial charge in [-0.3, -0.25) is 4.79 Å². The highest BCUT2D eigenvalue weighted by Crippen LogP contribution is 2.37. The number of carbonyl (C=O) groups is 1. The van der Waals surface area contributed by atoms with Crippen molar-refractivity contribution in [2.75, 3.05) is 20.2 Å². The lowest BCUT2D eigenvalue weighted by Crippen LogP contribution is -2.46. The van der Waals surface area contributed by atoms with Gasteiger partial charge in [0.1, 0.15) is 12.0 Å². The Bertz CT molecular complexity index is 1410. The zero-order chi connectivity index (χ0) is 25.6. The maximum atomic E-state index is 13.3. The van der Waals surface area contributed by atoms with Crippen LogP contribution in [0.1, 0.15) is 68.1 Å². The number of rotatable bonds is 6. The van der Waals surface area contributed by atoms with Gasteiger partial charge in [0.05, 0.1) is 23.8 Å². The van der Waals surface area contributed by atoms with E-state index in [1.54, 1.807) is 11.6 Å². The summed E-state index contributed by atoms with van der Waals surface area (Å²) in [7, 11) is 1.63. The van der Waals surface area contributed by atoms with E-state index in [4.69, 9.17) is 9.72 Å². The van der Waals surface area contributed by atoms with Crippen molar-refractivity contribution < 1.29 is 9.53 Å². The van der Waals surface area contributed by atoms with Gasteiger partial charge in [0.2, 0.25) is 0 Å². The summed E-state index contributed by atoms with van der Waals surface area (Å²) in [4.78, 5) is 28.5. The Hall–Kier alpha value is -3.46. The number of amides is 1. The fraction of sp³-hybridized carbons (Fsp3) is 0.481. The molecule has 0 aliphatic carbocycles. The highest BCUT2D eigenvalue weighted by atomic mass is 16.5. The first kappa shape index (κ1) is 24.2. The maximum Gasteiger partial charge on any atom is 0.270 e. The fourth-order valence-corrected chi connectivity index (χ4v) is 5.25. The Morgan fingerprint density at radius 3 is 2.61 bits per heavy atom. The lowest BCUT2D eigenvalue weighted by atomic mass is 9.98. The Balaban J connectivity index is 1.51. The van der Waals surface area contributed by atoms with Crippen LogP contribution in [0.25, 0.3) is 27.9 Å². The molecule has 0 bridgehead atoms. The van der Waals surface area contributed by atoms with Crippen molar-refractivity contribution in [3.63, 3.8) is 0 Å². The zero-order valence-corrected chi connectivity index (χ0v) is 21.9. The number of hydrogen-bond acceptors (Lipinski definition) is 6. The lowest BCUT2D eigenvalue weighted by Gasteiger charge is -2.34. The Labute approximate surface area is 211 Å². The molecule has 5 heterocycles. The molecule has 1 saturated heterocycles. The van der Waals surface area contributed by atoms with Crippen LogP contribution < -0.4 is 10.1 Å². The third-order valence-electron chi connectivity index (χ3n) is 7.23. The standard InChI is InChI=1S/C27H35N7O2/c1-15(2)22-24(18-12-21(36-6)26-28-14-29-34(26)13-18)31-20-11-17(5)23(32-25(20)22)27(35)30-19-7-9-33(10-8-19)16(3)4/h11-16,19,31H,7-10H2,1-6H3,(H,30,35). The summed E-state index contributed by atoms with van der Waals surface area (Å²) < 4.78 is 7.29. The molecule has 1 amide bonds. The van der Waals surface area contributed by atoms with Crippen molar-refractivity contribution in [1.82, 2.24) is 34.8 Å². The van der Waals surface area contributed by atoms with Gasteiger partial charge < -0.3 is 19.9 Å². The SMILES string of the molecule is COc1cc(-c2[nH]c3cc(C)c(C(=O)NC4CCN(C(C)C)CC4)nc3c2C(C)C)cn2ncnc12. The molecule has 0 unspecified atom stereocenters. The van der Waals surface area contributed by atoms with Crippen LogP contribution in [0.5, 0.6) is 5.75 Å². The third kappa shape index (κ3) is 4.32. The first-order valence-electron chi connectivity index (χ1n) is 12.7. The molecule has 2 N–H and O–H groups in total. The highest BCUT2D eigenvalue weighted by molar-refractivity contribution is 5.98. The largest absolute Gasteiger partial charge is 0.493 e. The molecule has 0 aromatic carbocycles. The van der Waals surface area contributed by atoms with Crippen LogP contribution in [-0.4, -0.2) is 67.7 Å². The Morgan fingerprint density at radius 1 is 1.19 bits per heavy atom. The van der Waals surface area contributed by atoms with E-state index in [0.717, 1.165) is 59.3 Å². The molecule has 1 fully saturated rings. The van der Waals surface area contributed by atoms with Gasteiger partial charge in [-0.15, -0.1) is 0 Å². The van der Waals surface area contributed by atoms with Gasteiger partial charge in [-0.25, -0.2) is 14.5 Å².